The highest BCUT2D eigenvalue weighted by Crippen LogP contribution is 1.98. The molecule has 0 fully saturated rings. The highest BCUT2D eigenvalue weighted by Gasteiger charge is 2.05. The maximum Gasteiger partial charge on any atom is 0.0615 e. The van der Waals surface area contributed by atoms with E-state index in [-0.39, 0.29) is 0 Å². The SMILES string of the molecule is C#CCCCCNC(CCCN)COC. The van der Waals surface area contributed by atoms with Gasteiger partial charge in [-0.2, -0.15) is 0 Å². The molecule has 1 atom stereocenters. The zero-order chi connectivity index (χ0) is 11.4. The van der Waals surface area contributed by atoms with Crippen LogP contribution in [0, 0.1) is 12.3 Å². The van der Waals surface area contributed by atoms with E-state index in [1.54, 1.807) is 7.11 Å². The van der Waals surface area contributed by atoms with Gasteiger partial charge in [0.25, 0.3) is 0 Å². The molecule has 3 N–H and O–H groups in total. The lowest BCUT2D eigenvalue weighted by molar-refractivity contribution is 0.161. The Morgan fingerprint density at radius 2 is 2.20 bits per heavy atom. The number of methoxy groups -OCH3 is 1. The first kappa shape index (κ1) is 14.4. The van der Waals surface area contributed by atoms with Crippen molar-refractivity contribution in [2.75, 3.05) is 26.8 Å². The van der Waals surface area contributed by atoms with Crippen molar-refractivity contribution in [2.45, 2.75) is 38.1 Å². The molecular formula is C12H24N2O. The Morgan fingerprint density at radius 3 is 2.80 bits per heavy atom. The molecule has 0 saturated heterocycles. The van der Waals surface area contributed by atoms with Gasteiger partial charge in [0.15, 0.2) is 0 Å². The van der Waals surface area contributed by atoms with E-state index in [0.29, 0.717) is 6.04 Å². The van der Waals surface area contributed by atoms with Crippen molar-refractivity contribution in [3.05, 3.63) is 0 Å². The lowest BCUT2D eigenvalue weighted by Gasteiger charge is -2.17. The second-order valence-corrected chi connectivity index (χ2v) is 3.70. The van der Waals surface area contributed by atoms with Gasteiger partial charge >= 0.3 is 0 Å². The monoisotopic (exact) mass is 212 g/mol. The highest BCUT2D eigenvalue weighted by atomic mass is 16.5. The van der Waals surface area contributed by atoms with Crippen LogP contribution in [0.2, 0.25) is 0 Å². The van der Waals surface area contributed by atoms with Crippen molar-refractivity contribution in [1.82, 2.24) is 5.32 Å². The van der Waals surface area contributed by atoms with Crippen LogP contribution in [-0.4, -0.2) is 32.8 Å². The summed E-state index contributed by atoms with van der Waals surface area (Å²) < 4.78 is 5.14. The van der Waals surface area contributed by atoms with Gasteiger partial charge in [0.05, 0.1) is 6.61 Å². The largest absolute Gasteiger partial charge is 0.383 e. The number of terminal acetylenes is 1. The lowest BCUT2D eigenvalue weighted by Crippen LogP contribution is -2.34. The summed E-state index contributed by atoms with van der Waals surface area (Å²) >= 11 is 0. The second kappa shape index (κ2) is 11.5. The van der Waals surface area contributed by atoms with Crippen LogP contribution in [0.15, 0.2) is 0 Å². The van der Waals surface area contributed by atoms with Crippen LogP contribution in [0.5, 0.6) is 0 Å². The van der Waals surface area contributed by atoms with E-state index in [9.17, 15) is 0 Å². The molecule has 0 saturated carbocycles. The van der Waals surface area contributed by atoms with E-state index >= 15 is 0 Å². The van der Waals surface area contributed by atoms with Crippen LogP contribution in [-0.2, 0) is 4.74 Å². The molecule has 0 bridgehead atoms. The predicted octanol–water partition coefficient (Wildman–Crippen LogP) is 1.13. The third-order valence-corrected chi connectivity index (χ3v) is 2.31. The van der Waals surface area contributed by atoms with Crippen molar-refractivity contribution in [2.24, 2.45) is 5.73 Å². The number of hydrogen-bond donors (Lipinski definition) is 2. The Hall–Kier alpha value is -0.560. The molecule has 88 valence electrons. The first-order valence-electron chi connectivity index (χ1n) is 5.71. The van der Waals surface area contributed by atoms with Gasteiger partial charge in [-0.25, -0.2) is 0 Å². The molecule has 1 unspecified atom stereocenters. The van der Waals surface area contributed by atoms with Crippen molar-refractivity contribution in [1.29, 1.82) is 0 Å². The molecule has 0 aliphatic heterocycles. The van der Waals surface area contributed by atoms with Gasteiger partial charge in [-0.3, -0.25) is 0 Å². The molecule has 0 aliphatic carbocycles. The third kappa shape index (κ3) is 9.74. The van der Waals surface area contributed by atoms with E-state index < -0.39 is 0 Å². The number of hydrogen-bond acceptors (Lipinski definition) is 3. The van der Waals surface area contributed by atoms with Gasteiger partial charge < -0.3 is 15.8 Å². The molecule has 0 aromatic carbocycles. The van der Waals surface area contributed by atoms with Crippen LogP contribution in [0.4, 0.5) is 0 Å². The van der Waals surface area contributed by atoms with Crippen LogP contribution in [0.25, 0.3) is 0 Å². The summed E-state index contributed by atoms with van der Waals surface area (Å²) in [6, 6.07) is 0.435. The van der Waals surface area contributed by atoms with E-state index in [1.807, 2.05) is 0 Å². The van der Waals surface area contributed by atoms with Gasteiger partial charge in [-0.15, -0.1) is 12.3 Å². The molecule has 0 radical (unpaired) electrons. The van der Waals surface area contributed by atoms with Gasteiger partial charge in [-0.05, 0) is 38.8 Å². The molecule has 15 heavy (non-hydrogen) atoms. The molecular weight excluding hydrogens is 188 g/mol. The fourth-order valence-electron chi connectivity index (χ4n) is 1.47. The predicted molar refractivity (Wildman–Crippen MR) is 64.6 cm³/mol. The van der Waals surface area contributed by atoms with Crippen molar-refractivity contribution >= 4 is 0 Å². The maximum absolute atomic E-state index is 5.48. The fraction of sp³-hybridized carbons (Fsp3) is 0.833. The van der Waals surface area contributed by atoms with E-state index in [4.69, 9.17) is 16.9 Å². The maximum atomic E-state index is 5.48. The molecule has 3 heteroatoms. The van der Waals surface area contributed by atoms with Crippen molar-refractivity contribution < 1.29 is 4.74 Å². The third-order valence-electron chi connectivity index (χ3n) is 2.31. The van der Waals surface area contributed by atoms with Crippen LogP contribution in [0.3, 0.4) is 0 Å². The normalized spacial score (nSPS) is 12.3. The number of rotatable bonds is 10. The molecule has 0 rings (SSSR count). The minimum atomic E-state index is 0.435. The molecule has 0 spiro atoms. The highest BCUT2D eigenvalue weighted by molar-refractivity contribution is 4.83. The first-order valence-corrected chi connectivity index (χ1v) is 5.71. The quantitative estimate of drug-likeness (QED) is 0.421. The summed E-state index contributed by atoms with van der Waals surface area (Å²) in [5, 5.41) is 3.47. The lowest BCUT2D eigenvalue weighted by atomic mass is 10.1. The Balaban J connectivity index is 3.43. The Morgan fingerprint density at radius 1 is 1.40 bits per heavy atom. The summed E-state index contributed by atoms with van der Waals surface area (Å²) in [7, 11) is 1.73. The summed E-state index contributed by atoms with van der Waals surface area (Å²) in [6.45, 7) is 2.52. The van der Waals surface area contributed by atoms with Crippen LogP contribution in [0.1, 0.15) is 32.1 Å². The summed E-state index contributed by atoms with van der Waals surface area (Å²) in [6.07, 6.45) is 10.4. The molecule has 0 heterocycles. The van der Waals surface area contributed by atoms with Crippen LogP contribution < -0.4 is 11.1 Å². The van der Waals surface area contributed by atoms with Gasteiger partial charge in [0.2, 0.25) is 0 Å². The van der Waals surface area contributed by atoms with Crippen molar-refractivity contribution in [3.63, 3.8) is 0 Å². The van der Waals surface area contributed by atoms with Gasteiger partial charge in [0.1, 0.15) is 0 Å². The Labute approximate surface area is 93.8 Å². The minimum Gasteiger partial charge on any atom is -0.383 e. The zero-order valence-electron chi connectivity index (χ0n) is 9.80. The first-order chi connectivity index (χ1) is 7.35. The zero-order valence-corrected chi connectivity index (χ0v) is 9.80. The molecule has 0 amide bonds. The number of ether oxygens (including phenoxy) is 1. The summed E-state index contributed by atoms with van der Waals surface area (Å²) in [5.41, 5.74) is 5.48. The number of nitrogens with one attached hydrogen (secondary N) is 1. The number of nitrogens with two attached hydrogens (primary N) is 1. The molecule has 0 aliphatic rings. The fourth-order valence-corrected chi connectivity index (χ4v) is 1.47. The Bertz CT molecular complexity index is 165. The average Bonchev–Trinajstić information content (AvgIpc) is 2.25. The topological polar surface area (TPSA) is 47.3 Å². The smallest absolute Gasteiger partial charge is 0.0615 e. The molecule has 3 nitrogen and oxygen atoms in total. The Kier molecular flexibility index (Phi) is 11.1. The minimum absolute atomic E-state index is 0.435. The molecule has 0 aromatic heterocycles. The average molecular weight is 212 g/mol. The van der Waals surface area contributed by atoms with Crippen LogP contribution >= 0.6 is 0 Å². The second-order valence-electron chi connectivity index (χ2n) is 3.70. The van der Waals surface area contributed by atoms with E-state index in [1.165, 1.54) is 0 Å². The number of unbranched alkanes of at least 4 members (excludes halogenated alkanes) is 2. The van der Waals surface area contributed by atoms with Crippen molar-refractivity contribution in [3.8, 4) is 12.3 Å². The summed E-state index contributed by atoms with van der Waals surface area (Å²) in [5.74, 6) is 2.65. The van der Waals surface area contributed by atoms with Gasteiger partial charge in [0, 0.05) is 19.6 Å². The summed E-state index contributed by atoms with van der Waals surface area (Å²) in [4.78, 5) is 0. The van der Waals surface area contributed by atoms with Gasteiger partial charge in [-0.1, -0.05) is 0 Å². The standard InChI is InChI=1S/C12H24N2O/c1-3-4-5-6-10-14-12(11-15-2)8-7-9-13/h1,12,14H,4-11,13H2,2H3. The van der Waals surface area contributed by atoms with E-state index in [2.05, 4.69) is 11.2 Å². The molecule has 0 aromatic rings. The van der Waals surface area contributed by atoms with E-state index in [0.717, 1.165) is 51.8 Å².